The Kier molecular flexibility index (Phi) is 3.58. The lowest BCUT2D eigenvalue weighted by atomic mass is 10.2. The van der Waals surface area contributed by atoms with Gasteiger partial charge in [0.05, 0.1) is 18.2 Å². The van der Waals surface area contributed by atoms with Crippen molar-refractivity contribution in [2.45, 2.75) is 0 Å². The molecular weight excluding hydrogens is 283 g/mol. The zero-order valence-corrected chi connectivity index (χ0v) is 11.8. The first-order chi connectivity index (χ1) is 9.65. The maximum atomic E-state index is 13.1. The third-order valence-electron chi connectivity index (χ3n) is 3.21. The quantitative estimate of drug-likeness (QED) is 0.851. The summed E-state index contributed by atoms with van der Waals surface area (Å²) in [6, 6.07) is 4.21. The number of nitrogens with zero attached hydrogens (tertiary/aromatic N) is 4. The molecule has 0 aliphatic carbocycles. The molecule has 1 fully saturated rings. The molecule has 0 unspecified atom stereocenters. The fourth-order valence-corrected chi connectivity index (χ4v) is 2.45. The van der Waals surface area contributed by atoms with E-state index in [4.69, 9.17) is 16.3 Å². The summed E-state index contributed by atoms with van der Waals surface area (Å²) in [6.07, 6.45) is 0. The van der Waals surface area contributed by atoms with Gasteiger partial charge in [-0.2, -0.15) is 4.98 Å². The molecule has 2 aromatic rings. The fraction of sp³-hybridized carbons (Fsp3) is 0.385. The Labute approximate surface area is 120 Å². The third-order valence-corrected chi connectivity index (χ3v) is 3.52. The first kappa shape index (κ1) is 13.3. The summed E-state index contributed by atoms with van der Waals surface area (Å²) < 4.78 is 20.1. The highest BCUT2D eigenvalue weighted by Gasteiger charge is 2.19. The van der Waals surface area contributed by atoms with Gasteiger partial charge in [0, 0.05) is 25.7 Å². The van der Waals surface area contributed by atoms with Gasteiger partial charge in [-0.3, -0.25) is 0 Å². The molecule has 0 N–H and O–H groups in total. The van der Waals surface area contributed by atoms with Crippen LogP contribution in [-0.2, 0) is 11.8 Å². The minimum Gasteiger partial charge on any atom is -0.378 e. The second-order valence-corrected chi connectivity index (χ2v) is 4.99. The first-order valence-corrected chi connectivity index (χ1v) is 6.72. The topological polar surface area (TPSA) is 43.2 Å². The molecule has 7 heteroatoms. The summed E-state index contributed by atoms with van der Waals surface area (Å²) in [4.78, 5) is 6.62. The summed E-state index contributed by atoms with van der Waals surface area (Å²) in [7, 11) is 1.83. The molecular formula is C13H14ClFN4O. The summed E-state index contributed by atoms with van der Waals surface area (Å²) in [5.41, 5.74) is 0.628. The predicted molar refractivity (Wildman–Crippen MR) is 74.4 cm³/mol. The van der Waals surface area contributed by atoms with Crippen LogP contribution in [0.2, 0.25) is 5.02 Å². The molecule has 1 aromatic carbocycles. The summed E-state index contributed by atoms with van der Waals surface area (Å²) in [5.74, 6) is 0.894. The lowest BCUT2D eigenvalue weighted by molar-refractivity contribution is 0.121. The molecule has 1 aliphatic heterocycles. The van der Waals surface area contributed by atoms with Crippen LogP contribution in [0, 0.1) is 5.82 Å². The summed E-state index contributed by atoms with van der Waals surface area (Å²) >= 11 is 6.05. The zero-order chi connectivity index (χ0) is 14.1. The second kappa shape index (κ2) is 5.38. The van der Waals surface area contributed by atoms with Crippen LogP contribution in [0.15, 0.2) is 18.2 Å². The largest absolute Gasteiger partial charge is 0.378 e. The van der Waals surface area contributed by atoms with Crippen molar-refractivity contribution in [2.75, 3.05) is 31.2 Å². The van der Waals surface area contributed by atoms with Crippen molar-refractivity contribution < 1.29 is 9.13 Å². The van der Waals surface area contributed by atoms with Gasteiger partial charge in [-0.05, 0) is 18.2 Å². The summed E-state index contributed by atoms with van der Waals surface area (Å²) in [6.45, 7) is 2.92. The normalized spacial score (nSPS) is 15.7. The van der Waals surface area contributed by atoms with E-state index in [0.29, 0.717) is 29.6 Å². The van der Waals surface area contributed by atoms with Gasteiger partial charge in [-0.15, -0.1) is 5.10 Å². The highest BCUT2D eigenvalue weighted by atomic mass is 35.5. The Morgan fingerprint density at radius 3 is 2.75 bits per heavy atom. The van der Waals surface area contributed by atoms with Crippen molar-refractivity contribution in [2.24, 2.45) is 7.05 Å². The van der Waals surface area contributed by atoms with Crippen LogP contribution < -0.4 is 4.90 Å². The number of benzene rings is 1. The number of ether oxygens (including phenoxy) is 1. The molecule has 5 nitrogen and oxygen atoms in total. The number of hydrogen-bond acceptors (Lipinski definition) is 4. The summed E-state index contributed by atoms with van der Waals surface area (Å²) in [5, 5.41) is 4.67. The molecule has 2 heterocycles. The van der Waals surface area contributed by atoms with Gasteiger partial charge < -0.3 is 9.64 Å². The number of halogens is 2. The number of aromatic nitrogens is 3. The van der Waals surface area contributed by atoms with Gasteiger partial charge >= 0.3 is 0 Å². The Hall–Kier alpha value is -1.66. The van der Waals surface area contributed by atoms with E-state index in [-0.39, 0.29) is 5.82 Å². The molecule has 20 heavy (non-hydrogen) atoms. The molecule has 3 rings (SSSR count). The van der Waals surface area contributed by atoms with E-state index in [1.54, 1.807) is 10.7 Å². The van der Waals surface area contributed by atoms with Crippen LogP contribution in [0.3, 0.4) is 0 Å². The predicted octanol–water partition coefficient (Wildman–Crippen LogP) is 2.11. The monoisotopic (exact) mass is 296 g/mol. The fourth-order valence-electron chi connectivity index (χ4n) is 2.20. The van der Waals surface area contributed by atoms with Crippen LogP contribution >= 0.6 is 11.6 Å². The number of anilines is 1. The maximum Gasteiger partial charge on any atom is 0.224 e. The standard InChI is InChI=1S/C13H14ClFN4O/c1-18-13(19-4-6-20-7-5-19)16-12(17-18)10-3-2-9(15)8-11(10)14/h2-3,8H,4-7H2,1H3. The van der Waals surface area contributed by atoms with Crippen molar-refractivity contribution in [3.8, 4) is 11.4 Å². The molecule has 0 bridgehead atoms. The molecule has 0 amide bonds. The molecule has 0 radical (unpaired) electrons. The van der Waals surface area contributed by atoms with Gasteiger partial charge in [0.2, 0.25) is 5.95 Å². The van der Waals surface area contributed by atoms with E-state index in [2.05, 4.69) is 15.0 Å². The Balaban J connectivity index is 1.95. The Bertz CT molecular complexity index is 625. The van der Waals surface area contributed by atoms with Gasteiger partial charge in [0.15, 0.2) is 5.82 Å². The van der Waals surface area contributed by atoms with Gasteiger partial charge in [-0.1, -0.05) is 11.6 Å². The van der Waals surface area contributed by atoms with Crippen LogP contribution in [0.25, 0.3) is 11.4 Å². The highest BCUT2D eigenvalue weighted by molar-refractivity contribution is 6.33. The second-order valence-electron chi connectivity index (χ2n) is 4.58. The van der Waals surface area contributed by atoms with Gasteiger partial charge in [0.1, 0.15) is 5.82 Å². The van der Waals surface area contributed by atoms with Crippen LogP contribution in [0.5, 0.6) is 0 Å². The van der Waals surface area contributed by atoms with E-state index < -0.39 is 0 Å². The zero-order valence-electron chi connectivity index (χ0n) is 11.0. The van der Waals surface area contributed by atoms with E-state index >= 15 is 0 Å². The van der Waals surface area contributed by atoms with E-state index in [0.717, 1.165) is 19.0 Å². The van der Waals surface area contributed by atoms with Gasteiger partial charge in [0.25, 0.3) is 0 Å². The lowest BCUT2D eigenvalue weighted by Crippen LogP contribution is -2.37. The number of rotatable bonds is 2. The van der Waals surface area contributed by atoms with Crippen molar-refractivity contribution in [3.63, 3.8) is 0 Å². The van der Waals surface area contributed by atoms with E-state index in [1.165, 1.54) is 12.1 Å². The van der Waals surface area contributed by atoms with Crippen molar-refractivity contribution in [3.05, 3.63) is 29.0 Å². The first-order valence-electron chi connectivity index (χ1n) is 6.34. The number of aryl methyl sites for hydroxylation is 1. The molecule has 1 aromatic heterocycles. The molecule has 0 atom stereocenters. The highest BCUT2D eigenvalue weighted by Crippen LogP contribution is 2.27. The SMILES string of the molecule is Cn1nc(-c2ccc(F)cc2Cl)nc1N1CCOCC1. The maximum absolute atomic E-state index is 13.1. The minimum absolute atomic E-state index is 0.309. The molecule has 0 saturated carbocycles. The average Bonchev–Trinajstić information content (AvgIpc) is 2.81. The van der Waals surface area contributed by atoms with Crippen LogP contribution in [-0.4, -0.2) is 41.1 Å². The smallest absolute Gasteiger partial charge is 0.224 e. The molecule has 0 spiro atoms. The van der Waals surface area contributed by atoms with E-state index in [1.807, 2.05) is 7.05 Å². The van der Waals surface area contributed by atoms with Crippen LogP contribution in [0.1, 0.15) is 0 Å². The molecule has 106 valence electrons. The van der Waals surface area contributed by atoms with Crippen molar-refractivity contribution >= 4 is 17.5 Å². The Morgan fingerprint density at radius 2 is 2.05 bits per heavy atom. The number of morpholine rings is 1. The van der Waals surface area contributed by atoms with Crippen molar-refractivity contribution in [1.82, 2.24) is 14.8 Å². The minimum atomic E-state index is -0.372. The Morgan fingerprint density at radius 1 is 1.30 bits per heavy atom. The van der Waals surface area contributed by atoms with Gasteiger partial charge in [-0.25, -0.2) is 9.07 Å². The third kappa shape index (κ3) is 2.48. The lowest BCUT2D eigenvalue weighted by Gasteiger charge is -2.26. The van der Waals surface area contributed by atoms with E-state index in [9.17, 15) is 4.39 Å². The number of hydrogen-bond donors (Lipinski definition) is 0. The molecule has 1 saturated heterocycles. The van der Waals surface area contributed by atoms with Crippen molar-refractivity contribution in [1.29, 1.82) is 0 Å². The van der Waals surface area contributed by atoms with Crippen LogP contribution in [0.4, 0.5) is 10.3 Å². The average molecular weight is 297 g/mol. The molecule has 1 aliphatic rings.